The van der Waals surface area contributed by atoms with Crippen molar-refractivity contribution in [2.45, 2.75) is 12.8 Å². The smallest absolute Gasteiger partial charge is 0.251 e. The van der Waals surface area contributed by atoms with Crippen molar-refractivity contribution in [3.8, 4) is 11.1 Å². The van der Waals surface area contributed by atoms with Crippen molar-refractivity contribution in [2.24, 2.45) is 5.92 Å². The van der Waals surface area contributed by atoms with E-state index < -0.39 is 10.0 Å². The molecule has 0 radical (unpaired) electrons. The van der Waals surface area contributed by atoms with Gasteiger partial charge in [-0.2, -0.15) is 11.3 Å². The van der Waals surface area contributed by atoms with Crippen LogP contribution in [0.3, 0.4) is 0 Å². The fraction of sp³-hybridized carbons (Fsp3) is 0.389. The standard InChI is InChI=1S/C18H22N2O3S2/c1-25(22,23)20-9-6-14(7-10-20)12-19-18(21)16-4-2-15(3-5-16)17-8-11-24-13-17/h2-5,8,11,13-14H,6-7,9-10,12H2,1H3,(H,19,21). The molecule has 0 aliphatic carbocycles. The lowest BCUT2D eigenvalue weighted by Crippen LogP contribution is -2.41. The summed E-state index contributed by atoms with van der Waals surface area (Å²) in [5, 5.41) is 7.09. The van der Waals surface area contributed by atoms with Crippen LogP contribution in [0.2, 0.25) is 0 Å². The summed E-state index contributed by atoms with van der Waals surface area (Å²) < 4.78 is 24.5. The van der Waals surface area contributed by atoms with E-state index in [4.69, 9.17) is 0 Å². The van der Waals surface area contributed by atoms with Crippen LogP contribution in [-0.2, 0) is 10.0 Å². The molecule has 0 unspecified atom stereocenters. The fourth-order valence-corrected chi connectivity index (χ4v) is 4.57. The number of carbonyl (C=O) groups excluding carboxylic acids is 1. The number of thiophene rings is 1. The number of hydrogen-bond acceptors (Lipinski definition) is 4. The molecule has 2 aromatic rings. The van der Waals surface area contributed by atoms with Gasteiger partial charge in [0.25, 0.3) is 5.91 Å². The second kappa shape index (κ2) is 7.68. The van der Waals surface area contributed by atoms with Gasteiger partial charge in [-0.05, 0) is 58.8 Å². The van der Waals surface area contributed by atoms with Gasteiger partial charge in [-0.1, -0.05) is 12.1 Å². The average molecular weight is 379 g/mol. The Hall–Kier alpha value is -1.70. The molecule has 1 aromatic heterocycles. The van der Waals surface area contributed by atoms with Crippen LogP contribution in [0.1, 0.15) is 23.2 Å². The average Bonchev–Trinajstić information content (AvgIpc) is 3.14. The fourth-order valence-electron chi connectivity index (χ4n) is 3.03. The van der Waals surface area contributed by atoms with Gasteiger partial charge in [0.05, 0.1) is 6.26 Å². The zero-order valence-corrected chi connectivity index (χ0v) is 15.8. The Morgan fingerprint density at radius 3 is 2.40 bits per heavy atom. The highest BCUT2D eigenvalue weighted by molar-refractivity contribution is 7.88. The predicted octanol–water partition coefficient (Wildman–Crippen LogP) is 2.82. The third kappa shape index (κ3) is 4.68. The Labute approximate surface area is 152 Å². The first-order valence-electron chi connectivity index (χ1n) is 8.29. The molecule has 0 atom stereocenters. The largest absolute Gasteiger partial charge is 0.352 e. The van der Waals surface area contributed by atoms with E-state index in [1.165, 1.54) is 10.6 Å². The normalized spacial score (nSPS) is 16.7. The van der Waals surface area contributed by atoms with Crippen LogP contribution in [0.4, 0.5) is 0 Å². The second-order valence-electron chi connectivity index (χ2n) is 6.40. The predicted molar refractivity (Wildman–Crippen MR) is 101 cm³/mol. The molecule has 25 heavy (non-hydrogen) atoms. The van der Waals surface area contributed by atoms with Crippen molar-refractivity contribution in [3.63, 3.8) is 0 Å². The molecular weight excluding hydrogens is 356 g/mol. The summed E-state index contributed by atoms with van der Waals surface area (Å²) in [6.07, 6.45) is 2.81. The third-order valence-corrected chi connectivity index (χ3v) is 6.58. The Balaban J connectivity index is 1.50. The Morgan fingerprint density at radius 1 is 1.16 bits per heavy atom. The van der Waals surface area contributed by atoms with Gasteiger partial charge in [-0.25, -0.2) is 12.7 Å². The SMILES string of the molecule is CS(=O)(=O)N1CCC(CNC(=O)c2ccc(-c3ccsc3)cc2)CC1. The molecular formula is C18H22N2O3S2. The maximum atomic E-state index is 12.3. The molecule has 0 saturated carbocycles. The molecule has 1 N–H and O–H groups in total. The summed E-state index contributed by atoms with van der Waals surface area (Å²) >= 11 is 1.65. The van der Waals surface area contributed by atoms with Gasteiger partial charge in [0, 0.05) is 25.2 Å². The zero-order valence-electron chi connectivity index (χ0n) is 14.1. The van der Waals surface area contributed by atoms with E-state index in [-0.39, 0.29) is 5.91 Å². The van der Waals surface area contributed by atoms with Crippen LogP contribution < -0.4 is 5.32 Å². The number of carbonyl (C=O) groups is 1. The van der Waals surface area contributed by atoms with Crippen LogP contribution in [0.5, 0.6) is 0 Å². The van der Waals surface area contributed by atoms with Gasteiger partial charge in [0.2, 0.25) is 10.0 Å². The number of hydrogen-bond donors (Lipinski definition) is 1. The molecule has 1 aromatic carbocycles. The lowest BCUT2D eigenvalue weighted by atomic mass is 9.98. The van der Waals surface area contributed by atoms with Crippen molar-refractivity contribution in [1.29, 1.82) is 0 Å². The maximum Gasteiger partial charge on any atom is 0.251 e. The lowest BCUT2D eigenvalue weighted by Gasteiger charge is -2.30. The van der Waals surface area contributed by atoms with E-state index in [1.807, 2.05) is 29.6 Å². The first-order valence-corrected chi connectivity index (χ1v) is 11.1. The monoisotopic (exact) mass is 378 g/mol. The topological polar surface area (TPSA) is 66.5 Å². The van der Waals surface area contributed by atoms with Gasteiger partial charge in [0.15, 0.2) is 0 Å². The highest BCUT2D eigenvalue weighted by atomic mass is 32.2. The van der Waals surface area contributed by atoms with Gasteiger partial charge in [-0.3, -0.25) is 4.79 Å². The minimum atomic E-state index is -3.10. The van der Waals surface area contributed by atoms with E-state index in [0.29, 0.717) is 31.1 Å². The highest BCUT2D eigenvalue weighted by Gasteiger charge is 2.25. The number of amides is 1. The van der Waals surface area contributed by atoms with Crippen molar-refractivity contribution in [3.05, 3.63) is 46.7 Å². The van der Waals surface area contributed by atoms with Crippen molar-refractivity contribution < 1.29 is 13.2 Å². The molecule has 1 amide bonds. The summed E-state index contributed by atoms with van der Waals surface area (Å²) in [7, 11) is -3.10. The van der Waals surface area contributed by atoms with E-state index >= 15 is 0 Å². The van der Waals surface area contributed by atoms with Crippen molar-refractivity contribution in [1.82, 2.24) is 9.62 Å². The summed E-state index contributed by atoms with van der Waals surface area (Å²) in [5.41, 5.74) is 2.91. The van der Waals surface area contributed by atoms with Crippen LogP contribution >= 0.6 is 11.3 Å². The second-order valence-corrected chi connectivity index (χ2v) is 9.17. The van der Waals surface area contributed by atoms with E-state index in [0.717, 1.165) is 24.0 Å². The quantitative estimate of drug-likeness (QED) is 0.870. The molecule has 1 aliphatic rings. The zero-order chi connectivity index (χ0) is 17.9. The van der Waals surface area contributed by atoms with Gasteiger partial charge in [-0.15, -0.1) is 0 Å². The van der Waals surface area contributed by atoms with Crippen LogP contribution in [0, 0.1) is 5.92 Å². The maximum absolute atomic E-state index is 12.3. The first-order chi connectivity index (χ1) is 11.9. The number of rotatable bonds is 5. The van der Waals surface area contributed by atoms with Gasteiger partial charge < -0.3 is 5.32 Å². The van der Waals surface area contributed by atoms with E-state index in [2.05, 4.69) is 16.8 Å². The third-order valence-electron chi connectivity index (χ3n) is 4.60. The number of piperidine rings is 1. The molecule has 7 heteroatoms. The molecule has 5 nitrogen and oxygen atoms in total. The number of benzene rings is 1. The number of sulfonamides is 1. The number of nitrogens with zero attached hydrogens (tertiary/aromatic N) is 1. The van der Waals surface area contributed by atoms with Gasteiger partial charge >= 0.3 is 0 Å². The highest BCUT2D eigenvalue weighted by Crippen LogP contribution is 2.22. The molecule has 0 bridgehead atoms. The summed E-state index contributed by atoms with van der Waals surface area (Å²) in [6.45, 7) is 1.66. The molecule has 3 rings (SSSR count). The molecule has 2 heterocycles. The Bertz CT molecular complexity index is 807. The minimum absolute atomic E-state index is 0.0811. The molecule has 1 saturated heterocycles. The van der Waals surface area contributed by atoms with E-state index in [1.54, 1.807) is 11.3 Å². The van der Waals surface area contributed by atoms with Gasteiger partial charge in [0.1, 0.15) is 0 Å². The summed E-state index contributed by atoms with van der Waals surface area (Å²) in [4.78, 5) is 12.3. The first kappa shape index (κ1) is 18.1. The molecule has 1 fully saturated rings. The Kier molecular flexibility index (Phi) is 5.56. The van der Waals surface area contributed by atoms with E-state index in [9.17, 15) is 13.2 Å². The summed E-state index contributed by atoms with van der Waals surface area (Å²) in [5.74, 6) is 0.245. The molecule has 0 spiro atoms. The Morgan fingerprint density at radius 2 is 1.84 bits per heavy atom. The van der Waals surface area contributed by atoms with Crippen LogP contribution in [-0.4, -0.2) is 44.5 Å². The summed E-state index contributed by atoms with van der Waals surface area (Å²) in [6, 6.07) is 9.66. The molecule has 134 valence electrons. The van der Waals surface area contributed by atoms with Crippen LogP contribution in [0.15, 0.2) is 41.1 Å². The van der Waals surface area contributed by atoms with Crippen LogP contribution in [0.25, 0.3) is 11.1 Å². The van der Waals surface area contributed by atoms with Crippen molar-refractivity contribution in [2.75, 3.05) is 25.9 Å². The molecule has 1 aliphatic heterocycles. The van der Waals surface area contributed by atoms with Crippen molar-refractivity contribution >= 4 is 27.3 Å². The lowest BCUT2D eigenvalue weighted by molar-refractivity contribution is 0.0941. The minimum Gasteiger partial charge on any atom is -0.352 e. The number of nitrogens with one attached hydrogen (secondary N) is 1.